The smallest absolute Gasteiger partial charge is 0.160 e. The number of hydrogen-bond acceptors (Lipinski definition) is 4. The minimum atomic E-state index is 0.658. The minimum Gasteiger partial charge on any atom is -0.456 e. The molecule has 0 aliphatic rings. The van der Waals surface area contributed by atoms with Crippen LogP contribution in [0, 0.1) is 0 Å². The molecule has 0 radical (unpaired) electrons. The zero-order chi connectivity index (χ0) is 35.6. The summed E-state index contributed by atoms with van der Waals surface area (Å²) >= 11 is 0. The molecule has 11 aromatic rings. The first-order chi connectivity index (χ1) is 26.8. The third-order valence-electron chi connectivity index (χ3n) is 10.4. The molecule has 0 unspecified atom stereocenters. The lowest BCUT2D eigenvalue weighted by Crippen LogP contribution is -1.99. The van der Waals surface area contributed by atoms with E-state index in [0.29, 0.717) is 5.82 Å². The fraction of sp³-hybridized carbons (Fsp3) is 0. The van der Waals surface area contributed by atoms with E-state index in [1.807, 2.05) is 54.7 Å². The Morgan fingerprint density at radius 1 is 0.426 bits per heavy atom. The SMILES string of the molecule is c1ccc(-c2nc(-c3cc(-c4cccc5ncccc45)cc(-n4c5ccccc5c5ccccc54)c3)cc(-c3cccc4oc5ccccc5c34)n2)cc1. The van der Waals surface area contributed by atoms with Crippen LogP contribution in [0.25, 0.3) is 105 Å². The Hall–Kier alpha value is -7.37. The summed E-state index contributed by atoms with van der Waals surface area (Å²) in [5.74, 6) is 0.658. The number of furan rings is 1. The molecule has 0 saturated heterocycles. The van der Waals surface area contributed by atoms with Crippen molar-refractivity contribution in [3.63, 3.8) is 0 Å². The summed E-state index contributed by atoms with van der Waals surface area (Å²) in [6, 6.07) is 61.3. The second-order valence-electron chi connectivity index (χ2n) is 13.6. The lowest BCUT2D eigenvalue weighted by molar-refractivity contribution is 0.669. The normalized spacial score (nSPS) is 11.7. The second-order valence-corrected chi connectivity index (χ2v) is 13.6. The van der Waals surface area contributed by atoms with Crippen LogP contribution in [0.3, 0.4) is 0 Å². The van der Waals surface area contributed by atoms with Gasteiger partial charge >= 0.3 is 0 Å². The Morgan fingerprint density at radius 3 is 1.91 bits per heavy atom. The molecule has 0 aliphatic heterocycles. The van der Waals surface area contributed by atoms with Gasteiger partial charge in [-0.1, -0.05) is 115 Å². The molecule has 0 amide bonds. The van der Waals surface area contributed by atoms with Crippen molar-refractivity contribution < 1.29 is 4.42 Å². The van der Waals surface area contributed by atoms with Crippen molar-refractivity contribution >= 4 is 54.6 Å². The van der Waals surface area contributed by atoms with Gasteiger partial charge in [0.1, 0.15) is 11.2 Å². The van der Waals surface area contributed by atoms with Crippen molar-refractivity contribution in [1.82, 2.24) is 19.5 Å². The lowest BCUT2D eigenvalue weighted by atomic mass is 9.96. The fourth-order valence-corrected chi connectivity index (χ4v) is 8.04. The molecule has 54 heavy (non-hydrogen) atoms. The molecule has 4 heterocycles. The number of aromatic nitrogens is 4. The quantitative estimate of drug-likeness (QED) is 0.180. The van der Waals surface area contributed by atoms with Gasteiger partial charge < -0.3 is 8.98 Å². The highest BCUT2D eigenvalue weighted by atomic mass is 16.3. The van der Waals surface area contributed by atoms with E-state index in [2.05, 4.69) is 132 Å². The van der Waals surface area contributed by atoms with Crippen LogP contribution in [0.4, 0.5) is 0 Å². The summed E-state index contributed by atoms with van der Waals surface area (Å²) in [5.41, 5.74) is 12.7. The first kappa shape index (κ1) is 30.3. The Labute approximate surface area is 310 Å². The van der Waals surface area contributed by atoms with Gasteiger partial charge in [0.05, 0.1) is 27.9 Å². The fourth-order valence-electron chi connectivity index (χ4n) is 8.04. The topological polar surface area (TPSA) is 56.7 Å². The van der Waals surface area contributed by atoms with E-state index in [0.717, 1.165) is 88.8 Å². The molecular formula is C49H30N4O. The minimum absolute atomic E-state index is 0.658. The Bertz CT molecular complexity index is 3170. The molecule has 11 rings (SSSR count). The Kier molecular flexibility index (Phi) is 6.79. The van der Waals surface area contributed by atoms with Gasteiger partial charge in [-0.25, -0.2) is 9.97 Å². The van der Waals surface area contributed by atoms with Gasteiger partial charge in [-0.2, -0.15) is 0 Å². The molecule has 4 aromatic heterocycles. The van der Waals surface area contributed by atoms with Crippen LogP contribution in [0.2, 0.25) is 0 Å². The summed E-state index contributed by atoms with van der Waals surface area (Å²) in [6.07, 6.45) is 1.85. The van der Waals surface area contributed by atoms with E-state index < -0.39 is 0 Å². The first-order valence-corrected chi connectivity index (χ1v) is 18.1. The van der Waals surface area contributed by atoms with Crippen molar-refractivity contribution in [2.24, 2.45) is 0 Å². The van der Waals surface area contributed by atoms with Crippen LogP contribution in [0.1, 0.15) is 0 Å². The van der Waals surface area contributed by atoms with E-state index in [4.69, 9.17) is 19.4 Å². The predicted octanol–water partition coefficient (Wildman–Crippen LogP) is 12.7. The maximum atomic E-state index is 6.32. The number of para-hydroxylation sites is 3. The Balaban J connectivity index is 1.22. The van der Waals surface area contributed by atoms with Crippen molar-refractivity contribution in [2.45, 2.75) is 0 Å². The summed E-state index contributed by atoms with van der Waals surface area (Å²) in [6.45, 7) is 0. The number of pyridine rings is 1. The molecule has 5 nitrogen and oxygen atoms in total. The molecule has 0 atom stereocenters. The average Bonchev–Trinajstić information content (AvgIpc) is 3.80. The number of fused-ring (bicyclic) bond motifs is 7. The molecule has 0 spiro atoms. The second kappa shape index (κ2) is 12.1. The van der Waals surface area contributed by atoms with Gasteiger partial charge in [0.15, 0.2) is 5.82 Å². The third kappa shape index (κ3) is 4.83. The van der Waals surface area contributed by atoms with Gasteiger partial charge in [0.25, 0.3) is 0 Å². The summed E-state index contributed by atoms with van der Waals surface area (Å²) in [7, 11) is 0. The highest BCUT2D eigenvalue weighted by Gasteiger charge is 2.19. The van der Waals surface area contributed by atoms with Gasteiger partial charge in [0, 0.05) is 55.5 Å². The molecule has 0 aliphatic carbocycles. The van der Waals surface area contributed by atoms with Crippen molar-refractivity contribution in [3.05, 3.63) is 182 Å². The summed E-state index contributed by atoms with van der Waals surface area (Å²) in [4.78, 5) is 15.3. The summed E-state index contributed by atoms with van der Waals surface area (Å²) < 4.78 is 8.69. The van der Waals surface area contributed by atoms with Crippen LogP contribution < -0.4 is 0 Å². The number of rotatable bonds is 5. The maximum Gasteiger partial charge on any atom is 0.160 e. The van der Waals surface area contributed by atoms with Crippen LogP contribution in [-0.2, 0) is 0 Å². The van der Waals surface area contributed by atoms with E-state index in [1.54, 1.807) is 0 Å². The zero-order valence-corrected chi connectivity index (χ0v) is 29.0. The molecule has 0 fully saturated rings. The van der Waals surface area contributed by atoms with E-state index in [1.165, 1.54) is 10.8 Å². The standard InChI is InChI=1S/C49H30N4O/c1-2-13-31(14-3-1)49-51-42(30-43(52-49)39-19-11-25-47-48(39)40-17-6-9-24-46(40)54-47)33-27-32(35-18-10-21-41-36(35)20-12-26-50-41)28-34(29-33)53-44-22-7-4-15-37(44)38-16-5-8-23-45(38)53/h1-30H. The van der Waals surface area contributed by atoms with Crippen LogP contribution in [0.15, 0.2) is 187 Å². The van der Waals surface area contributed by atoms with Crippen LogP contribution >= 0.6 is 0 Å². The van der Waals surface area contributed by atoms with Gasteiger partial charge in [-0.05, 0) is 71.8 Å². The molecule has 252 valence electrons. The number of nitrogens with zero attached hydrogens (tertiary/aromatic N) is 4. The number of benzene rings is 7. The molecule has 7 aromatic carbocycles. The van der Waals surface area contributed by atoms with Crippen LogP contribution in [-0.4, -0.2) is 19.5 Å². The lowest BCUT2D eigenvalue weighted by Gasteiger charge is -2.16. The van der Waals surface area contributed by atoms with E-state index >= 15 is 0 Å². The van der Waals surface area contributed by atoms with Gasteiger partial charge in [-0.3, -0.25) is 4.98 Å². The Morgan fingerprint density at radius 2 is 1.07 bits per heavy atom. The predicted molar refractivity (Wildman–Crippen MR) is 221 cm³/mol. The van der Waals surface area contributed by atoms with Crippen molar-refractivity contribution in [1.29, 1.82) is 0 Å². The first-order valence-electron chi connectivity index (χ1n) is 18.1. The third-order valence-corrected chi connectivity index (χ3v) is 10.4. The zero-order valence-electron chi connectivity index (χ0n) is 29.0. The molecular weight excluding hydrogens is 661 g/mol. The molecule has 0 saturated carbocycles. The molecule has 0 N–H and O–H groups in total. The van der Waals surface area contributed by atoms with Crippen molar-refractivity contribution in [2.75, 3.05) is 0 Å². The molecule has 0 bridgehead atoms. The average molecular weight is 691 g/mol. The molecule has 5 heteroatoms. The maximum absolute atomic E-state index is 6.32. The van der Waals surface area contributed by atoms with E-state index in [-0.39, 0.29) is 0 Å². The van der Waals surface area contributed by atoms with Gasteiger partial charge in [-0.15, -0.1) is 0 Å². The number of hydrogen-bond donors (Lipinski definition) is 0. The highest BCUT2D eigenvalue weighted by molar-refractivity contribution is 6.12. The van der Waals surface area contributed by atoms with Gasteiger partial charge in [0.2, 0.25) is 0 Å². The van der Waals surface area contributed by atoms with E-state index in [9.17, 15) is 0 Å². The largest absolute Gasteiger partial charge is 0.456 e. The monoisotopic (exact) mass is 690 g/mol. The van der Waals surface area contributed by atoms with Crippen molar-refractivity contribution in [3.8, 4) is 50.7 Å². The summed E-state index contributed by atoms with van der Waals surface area (Å²) in [5, 5.41) is 5.62. The highest BCUT2D eigenvalue weighted by Crippen LogP contribution is 2.40. The van der Waals surface area contributed by atoms with Crippen LogP contribution in [0.5, 0.6) is 0 Å².